The molecule has 1 nitrogen and oxygen atoms in total. The van der Waals surface area contributed by atoms with Gasteiger partial charge in [0, 0.05) is 6.54 Å². The fraction of sp³-hybridized carbons (Fsp3) is 0.385. The van der Waals surface area contributed by atoms with Gasteiger partial charge in [-0.25, -0.2) is 0 Å². The summed E-state index contributed by atoms with van der Waals surface area (Å²) in [7, 11) is 0. The van der Waals surface area contributed by atoms with E-state index in [0.29, 0.717) is 0 Å². The van der Waals surface area contributed by atoms with Crippen molar-refractivity contribution in [1.29, 1.82) is 0 Å². The monoisotopic (exact) mass is 189 g/mol. The van der Waals surface area contributed by atoms with Crippen molar-refractivity contribution in [1.82, 2.24) is 5.32 Å². The van der Waals surface area contributed by atoms with Crippen LogP contribution in [0.5, 0.6) is 0 Å². The maximum Gasteiger partial charge on any atom is 0.0217 e. The zero-order valence-electron chi connectivity index (χ0n) is 9.30. The molecular weight excluding hydrogens is 170 g/mol. The maximum atomic E-state index is 5.28. The molecule has 0 bridgehead atoms. The van der Waals surface area contributed by atoms with Crippen LogP contribution in [0, 0.1) is 12.3 Å². The van der Waals surface area contributed by atoms with Gasteiger partial charge in [0.25, 0.3) is 0 Å². The number of terminal acetylenes is 1. The third kappa shape index (κ3) is 4.69. The molecule has 0 atom stereocenters. The molecule has 0 fully saturated rings. The third-order valence-corrected chi connectivity index (χ3v) is 1.85. The molecule has 0 aliphatic carbocycles. The van der Waals surface area contributed by atoms with E-state index in [9.17, 15) is 0 Å². The van der Waals surface area contributed by atoms with Gasteiger partial charge in [0.1, 0.15) is 0 Å². The maximum absolute atomic E-state index is 5.28. The summed E-state index contributed by atoms with van der Waals surface area (Å²) in [6.45, 7) is 7.88. The predicted molar refractivity (Wildman–Crippen MR) is 64.0 cm³/mol. The molecule has 0 aromatic rings. The molecule has 14 heavy (non-hydrogen) atoms. The average Bonchev–Trinajstić information content (AvgIpc) is 2.21. The van der Waals surface area contributed by atoms with Crippen molar-refractivity contribution in [3.05, 3.63) is 35.5 Å². The highest BCUT2D eigenvalue weighted by Crippen LogP contribution is 2.10. The van der Waals surface area contributed by atoms with E-state index < -0.39 is 0 Å². The Morgan fingerprint density at radius 3 is 2.57 bits per heavy atom. The molecule has 0 aliphatic heterocycles. The molecule has 0 radical (unpaired) electrons. The molecule has 76 valence electrons. The SMILES string of the molecule is C#C/C=C(/CNCC)C(=CC)/C=C\C. The van der Waals surface area contributed by atoms with E-state index in [-0.39, 0.29) is 0 Å². The molecule has 0 unspecified atom stereocenters. The van der Waals surface area contributed by atoms with E-state index in [1.165, 1.54) is 5.57 Å². The highest BCUT2D eigenvalue weighted by Gasteiger charge is 1.98. The van der Waals surface area contributed by atoms with E-state index >= 15 is 0 Å². The first-order valence-corrected chi connectivity index (χ1v) is 4.95. The van der Waals surface area contributed by atoms with Crippen molar-refractivity contribution >= 4 is 0 Å². The number of allylic oxidation sites excluding steroid dienone is 4. The van der Waals surface area contributed by atoms with Gasteiger partial charge in [-0.05, 0) is 37.6 Å². The molecule has 0 aliphatic rings. The molecule has 0 saturated carbocycles. The minimum absolute atomic E-state index is 0.824. The van der Waals surface area contributed by atoms with Crippen molar-refractivity contribution in [2.45, 2.75) is 20.8 Å². The summed E-state index contributed by atoms with van der Waals surface area (Å²) in [4.78, 5) is 0. The summed E-state index contributed by atoms with van der Waals surface area (Å²) in [5.41, 5.74) is 2.35. The van der Waals surface area contributed by atoms with Gasteiger partial charge < -0.3 is 5.32 Å². The van der Waals surface area contributed by atoms with Crippen LogP contribution in [-0.2, 0) is 0 Å². The van der Waals surface area contributed by atoms with Gasteiger partial charge in [-0.15, -0.1) is 6.42 Å². The summed E-state index contributed by atoms with van der Waals surface area (Å²) in [6, 6.07) is 0. The standard InChI is InChI=1S/C13H19N/c1-5-9-12(7-3)13(10-6-2)11-14-8-4/h2,5,7,9-10,14H,8,11H2,1,3-4H3/b9-5-,12-7?,13-10-. The fourth-order valence-electron chi connectivity index (χ4n) is 1.16. The molecule has 0 rings (SSSR count). The van der Waals surface area contributed by atoms with Crippen LogP contribution in [0.25, 0.3) is 0 Å². The lowest BCUT2D eigenvalue weighted by Crippen LogP contribution is -2.16. The summed E-state index contributed by atoms with van der Waals surface area (Å²) in [5.74, 6) is 2.57. The Bertz CT molecular complexity index is 274. The van der Waals surface area contributed by atoms with Gasteiger partial charge in [0.05, 0.1) is 0 Å². The molecule has 0 amide bonds. The lowest BCUT2D eigenvalue weighted by molar-refractivity contribution is 0.781. The van der Waals surface area contributed by atoms with Crippen LogP contribution in [0.2, 0.25) is 0 Å². The first-order chi connectivity index (χ1) is 6.79. The van der Waals surface area contributed by atoms with Crippen LogP contribution in [0.1, 0.15) is 20.8 Å². The largest absolute Gasteiger partial charge is 0.313 e. The third-order valence-electron chi connectivity index (χ3n) is 1.85. The van der Waals surface area contributed by atoms with E-state index in [1.807, 2.05) is 26.0 Å². The van der Waals surface area contributed by atoms with E-state index in [4.69, 9.17) is 6.42 Å². The molecule has 1 N–H and O–H groups in total. The molecular formula is C13H19N. The van der Waals surface area contributed by atoms with Crippen LogP contribution in [-0.4, -0.2) is 13.1 Å². The van der Waals surface area contributed by atoms with Gasteiger partial charge in [-0.3, -0.25) is 0 Å². The van der Waals surface area contributed by atoms with Gasteiger partial charge in [-0.1, -0.05) is 31.1 Å². The molecule has 0 saturated heterocycles. The quantitative estimate of drug-likeness (QED) is 0.518. The normalized spacial score (nSPS) is 13.3. The summed E-state index contributed by atoms with van der Waals surface area (Å²) >= 11 is 0. The Labute approximate surface area is 87.6 Å². The molecule has 0 aromatic carbocycles. The van der Waals surface area contributed by atoms with Crippen LogP contribution < -0.4 is 5.32 Å². The second-order valence-electron chi connectivity index (χ2n) is 2.86. The minimum atomic E-state index is 0.824. The van der Waals surface area contributed by atoms with Crippen molar-refractivity contribution in [2.75, 3.05) is 13.1 Å². The van der Waals surface area contributed by atoms with Gasteiger partial charge in [-0.2, -0.15) is 0 Å². The lowest BCUT2D eigenvalue weighted by atomic mass is 10.1. The van der Waals surface area contributed by atoms with E-state index in [0.717, 1.165) is 18.7 Å². The number of hydrogen-bond donors (Lipinski definition) is 1. The Kier molecular flexibility index (Phi) is 7.59. The Morgan fingerprint density at radius 2 is 2.14 bits per heavy atom. The van der Waals surface area contributed by atoms with Crippen molar-refractivity contribution in [3.63, 3.8) is 0 Å². The first kappa shape index (κ1) is 12.7. The first-order valence-electron chi connectivity index (χ1n) is 4.95. The van der Waals surface area contributed by atoms with Crippen molar-refractivity contribution in [3.8, 4) is 12.3 Å². The highest BCUT2D eigenvalue weighted by molar-refractivity contribution is 5.43. The average molecular weight is 189 g/mol. The topological polar surface area (TPSA) is 12.0 Å². The van der Waals surface area contributed by atoms with Crippen LogP contribution in [0.4, 0.5) is 0 Å². The Morgan fingerprint density at radius 1 is 1.43 bits per heavy atom. The van der Waals surface area contributed by atoms with Crippen molar-refractivity contribution in [2.24, 2.45) is 0 Å². The van der Waals surface area contributed by atoms with Crippen LogP contribution in [0.3, 0.4) is 0 Å². The second-order valence-corrected chi connectivity index (χ2v) is 2.86. The zero-order valence-corrected chi connectivity index (χ0v) is 9.30. The van der Waals surface area contributed by atoms with Gasteiger partial charge in [0.15, 0.2) is 0 Å². The number of rotatable bonds is 5. The summed E-state index contributed by atoms with van der Waals surface area (Å²) in [5, 5.41) is 3.27. The van der Waals surface area contributed by atoms with Gasteiger partial charge in [0.2, 0.25) is 0 Å². The Balaban J connectivity index is 4.65. The zero-order chi connectivity index (χ0) is 10.8. The molecule has 0 heterocycles. The molecule has 0 aromatic heterocycles. The molecule has 1 heteroatoms. The summed E-state index contributed by atoms with van der Waals surface area (Å²) in [6.07, 6.45) is 13.3. The highest BCUT2D eigenvalue weighted by atomic mass is 14.8. The number of hydrogen-bond acceptors (Lipinski definition) is 1. The van der Waals surface area contributed by atoms with Crippen LogP contribution in [0.15, 0.2) is 35.5 Å². The number of likely N-dealkylation sites (N-methyl/N-ethyl adjacent to an activating group) is 1. The predicted octanol–water partition coefficient (Wildman–Crippen LogP) is 2.68. The Hall–Kier alpha value is -1.26. The second kappa shape index (κ2) is 8.34. The van der Waals surface area contributed by atoms with E-state index in [1.54, 1.807) is 0 Å². The lowest BCUT2D eigenvalue weighted by Gasteiger charge is -2.07. The van der Waals surface area contributed by atoms with Crippen molar-refractivity contribution < 1.29 is 0 Å². The summed E-state index contributed by atoms with van der Waals surface area (Å²) < 4.78 is 0. The van der Waals surface area contributed by atoms with Crippen LogP contribution >= 0.6 is 0 Å². The fourth-order valence-corrected chi connectivity index (χ4v) is 1.16. The number of nitrogens with one attached hydrogen (secondary N) is 1. The smallest absolute Gasteiger partial charge is 0.0217 e. The van der Waals surface area contributed by atoms with Gasteiger partial charge >= 0.3 is 0 Å². The molecule has 0 spiro atoms. The van der Waals surface area contributed by atoms with E-state index in [2.05, 4.69) is 30.3 Å². The minimum Gasteiger partial charge on any atom is -0.313 e.